The van der Waals surface area contributed by atoms with Crippen molar-refractivity contribution in [1.29, 1.82) is 0 Å². The fourth-order valence-corrected chi connectivity index (χ4v) is 2.63. The van der Waals surface area contributed by atoms with Crippen LogP contribution in [-0.4, -0.2) is 34.0 Å². The van der Waals surface area contributed by atoms with Crippen LogP contribution in [0.3, 0.4) is 0 Å². The molecule has 1 fully saturated rings. The summed E-state index contributed by atoms with van der Waals surface area (Å²) in [5.41, 5.74) is -1.28. The summed E-state index contributed by atoms with van der Waals surface area (Å²) < 4.78 is 56.7. The highest BCUT2D eigenvalue weighted by atomic mass is 19.4. The molecule has 2 heterocycles. The van der Waals surface area contributed by atoms with Gasteiger partial charge in [0.1, 0.15) is 5.82 Å². The highest BCUT2D eigenvalue weighted by Crippen LogP contribution is 2.33. The smallest absolute Gasteiger partial charge is 0.342 e. The topological polar surface area (TPSA) is 59.2 Å². The highest BCUT2D eigenvalue weighted by molar-refractivity contribution is 5.79. The molecule has 5 nitrogen and oxygen atoms in total. The van der Waals surface area contributed by atoms with Gasteiger partial charge in [0, 0.05) is 19.5 Å². The third kappa shape index (κ3) is 2.98. The summed E-state index contributed by atoms with van der Waals surface area (Å²) in [5.74, 6) is -1.39. The lowest BCUT2D eigenvalue weighted by atomic mass is 10.1. The molecule has 24 heavy (non-hydrogen) atoms. The number of halogens is 4. The number of aromatic nitrogens is 2. The number of rotatable bonds is 3. The van der Waals surface area contributed by atoms with Crippen molar-refractivity contribution < 1.29 is 26.9 Å². The molecule has 0 bridgehead atoms. The number of benzene rings is 1. The monoisotopic (exact) mass is 343 g/mol. The van der Waals surface area contributed by atoms with E-state index in [-0.39, 0.29) is 35.5 Å². The summed E-state index contributed by atoms with van der Waals surface area (Å²) in [4.78, 5) is 17.4. The van der Waals surface area contributed by atoms with E-state index in [1.807, 2.05) is 6.92 Å². The molecule has 1 saturated heterocycles. The van der Waals surface area contributed by atoms with Gasteiger partial charge in [0.15, 0.2) is 0 Å². The van der Waals surface area contributed by atoms with Gasteiger partial charge in [-0.15, -0.1) is 0 Å². The van der Waals surface area contributed by atoms with Crippen molar-refractivity contribution in [3.63, 3.8) is 0 Å². The van der Waals surface area contributed by atoms with Crippen LogP contribution in [-0.2, 0) is 11.0 Å². The van der Waals surface area contributed by atoms with Gasteiger partial charge in [0.05, 0.1) is 17.0 Å². The second kappa shape index (κ2) is 5.88. The van der Waals surface area contributed by atoms with Crippen molar-refractivity contribution in [1.82, 2.24) is 15.0 Å². The molecule has 3 rings (SSSR count). The van der Waals surface area contributed by atoms with Crippen molar-refractivity contribution in [2.45, 2.75) is 25.4 Å². The minimum absolute atomic E-state index is 0.0389. The maximum Gasteiger partial charge on any atom is 0.416 e. The van der Waals surface area contributed by atoms with Gasteiger partial charge < -0.3 is 9.42 Å². The molecule has 1 aromatic carbocycles. The van der Waals surface area contributed by atoms with Crippen LogP contribution in [0.15, 0.2) is 22.7 Å². The number of likely N-dealkylation sites (N-methyl/N-ethyl adjacent to an activating group) is 1. The summed E-state index contributed by atoms with van der Waals surface area (Å²) in [7, 11) is 0. The molecular weight excluding hydrogens is 330 g/mol. The molecule has 0 radical (unpaired) electrons. The summed E-state index contributed by atoms with van der Waals surface area (Å²) in [6.45, 7) is 2.83. The number of hydrogen-bond donors (Lipinski definition) is 0. The molecule has 1 amide bonds. The van der Waals surface area contributed by atoms with Crippen molar-refractivity contribution in [2.24, 2.45) is 0 Å². The number of hydrogen-bond acceptors (Lipinski definition) is 4. The second-order valence-electron chi connectivity index (χ2n) is 5.48. The summed E-state index contributed by atoms with van der Waals surface area (Å²) >= 11 is 0. The molecule has 0 aliphatic carbocycles. The summed E-state index contributed by atoms with van der Waals surface area (Å²) in [6, 6.07) is 2.11. The normalized spacial score (nSPS) is 18.5. The molecule has 1 atom stereocenters. The van der Waals surface area contributed by atoms with Crippen LogP contribution in [0.25, 0.3) is 11.4 Å². The minimum atomic E-state index is -4.63. The zero-order valence-corrected chi connectivity index (χ0v) is 12.6. The van der Waals surface area contributed by atoms with Crippen LogP contribution in [0.2, 0.25) is 0 Å². The van der Waals surface area contributed by atoms with E-state index in [1.54, 1.807) is 4.90 Å². The molecule has 1 aromatic heterocycles. The Morgan fingerprint density at radius 2 is 2.12 bits per heavy atom. The van der Waals surface area contributed by atoms with E-state index in [4.69, 9.17) is 4.52 Å². The highest BCUT2D eigenvalue weighted by Gasteiger charge is 2.34. The number of nitrogens with zero attached hydrogens (tertiary/aromatic N) is 3. The van der Waals surface area contributed by atoms with Crippen LogP contribution in [0.1, 0.15) is 30.7 Å². The summed E-state index contributed by atoms with van der Waals surface area (Å²) in [6.07, 6.45) is -4.42. The van der Waals surface area contributed by atoms with Gasteiger partial charge in [0.2, 0.25) is 17.6 Å². The number of alkyl halides is 3. The number of carbonyl (C=O) groups is 1. The van der Waals surface area contributed by atoms with Crippen LogP contribution in [0.4, 0.5) is 17.6 Å². The average molecular weight is 343 g/mol. The maximum atomic E-state index is 13.9. The molecule has 0 spiro atoms. The van der Waals surface area contributed by atoms with Crippen molar-refractivity contribution in [3.05, 3.63) is 35.5 Å². The fourth-order valence-electron chi connectivity index (χ4n) is 2.63. The molecular formula is C15H13F4N3O2. The molecule has 1 aliphatic rings. The molecule has 2 aromatic rings. The van der Waals surface area contributed by atoms with Gasteiger partial charge in [-0.05, 0) is 25.1 Å². The third-order valence-electron chi connectivity index (χ3n) is 3.92. The quantitative estimate of drug-likeness (QED) is 0.803. The lowest BCUT2D eigenvalue weighted by molar-refractivity contribution is -0.137. The van der Waals surface area contributed by atoms with Gasteiger partial charge in [-0.2, -0.15) is 18.2 Å². The van der Waals surface area contributed by atoms with Gasteiger partial charge in [-0.3, -0.25) is 4.79 Å². The molecule has 1 aliphatic heterocycles. The SMILES string of the molecule is CCN1CC(c2nc(-c3ccc(C(F)(F)F)cc3F)no2)CC1=O. The Morgan fingerprint density at radius 3 is 2.71 bits per heavy atom. The molecule has 0 N–H and O–H groups in total. The third-order valence-corrected chi connectivity index (χ3v) is 3.92. The van der Waals surface area contributed by atoms with Gasteiger partial charge in [0.25, 0.3) is 0 Å². The van der Waals surface area contributed by atoms with Gasteiger partial charge >= 0.3 is 6.18 Å². The first-order valence-electron chi connectivity index (χ1n) is 7.28. The standard InChI is InChI=1S/C15H13F4N3O2/c1-2-22-7-8(5-12(22)23)14-20-13(21-24-14)10-4-3-9(6-11(10)16)15(17,18)19/h3-4,6,8H,2,5,7H2,1H3. The van der Waals surface area contributed by atoms with E-state index in [9.17, 15) is 22.4 Å². The molecule has 0 saturated carbocycles. The fraction of sp³-hybridized carbons (Fsp3) is 0.400. The van der Waals surface area contributed by atoms with E-state index in [1.165, 1.54) is 0 Å². The van der Waals surface area contributed by atoms with Crippen LogP contribution >= 0.6 is 0 Å². The van der Waals surface area contributed by atoms with Gasteiger partial charge in [-0.1, -0.05) is 5.16 Å². The van der Waals surface area contributed by atoms with Crippen LogP contribution in [0.5, 0.6) is 0 Å². The first-order valence-corrected chi connectivity index (χ1v) is 7.28. The Hall–Kier alpha value is -2.45. The van der Waals surface area contributed by atoms with E-state index in [0.717, 1.165) is 12.1 Å². The van der Waals surface area contributed by atoms with Crippen molar-refractivity contribution >= 4 is 5.91 Å². The lowest BCUT2D eigenvalue weighted by Gasteiger charge is -2.11. The number of likely N-dealkylation sites (tertiary alicyclic amines) is 1. The zero-order valence-electron chi connectivity index (χ0n) is 12.6. The Kier molecular flexibility index (Phi) is 4.02. The van der Waals surface area contributed by atoms with Crippen LogP contribution < -0.4 is 0 Å². The molecule has 128 valence electrons. The number of carbonyl (C=O) groups excluding carboxylic acids is 1. The molecule has 9 heteroatoms. The maximum absolute atomic E-state index is 13.9. The average Bonchev–Trinajstić information content (AvgIpc) is 3.12. The van der Waals surface area contributed by atoms with E-state index < -0.39 is 17.6 Å². The Bertz CT molecular complexity index is 772. The predicted octanol–water partition coefficient (Wildman–Crippen LogP) is 3.23. The van der Waals surface area contributed by atoms with E-state index in [0.29, 0.717) is 19.2 Å². The molecule has 1 unspecified atom stereocenters. The Balaban J connectivity index is 1.85. The minimum Gasteiger partial charge on any atom is -0.342 e. The summed E-state index contributed by atoms with van der Waals surface area (Å²) in [5, 5.41) is 3.62. The lowest BCUT2D eigenvalue weighted by Crippen LogP contribution is -2.24. The second-order valence-corrected chi connectivity index (χ2v) is 5.48. The van der Waals surface area contributed by atoms with Gasteiger partial charge in [-0.25, -0.2) is 4.39 Å². The number of amides is 1. The van der Waals surface area contributed by atoms with Crippen molar-refractivity contribution in [3.8, 4) is 11.4 Å². The Morgan fingerprint density at radius 1 is 1.38 bits per heavy atom. The van der Waals surface area contributed by atoms with E-state index in [2.05, 4.69) is 10.1 Å². The van der Waals surface area contributed by atoms with Crippen molar-refractivity contribution in [2.75, 3.05) is 13.1 Å². The first-order chi connectivity index (χ1) is 11.3. The van der Waals surface area contributed by atoms with Crippen LogP contribution in [0, 0.1) is 5.82 Å². The zero-order chi connectivity index (χ0) is 17.5. The Labute approximate surface area is 134 Å². The first kappa shape index (κ1) is 16.4. The predicted molar refractivity (Wildman–Crippen MR) is 74.3 cm³/mol. The largest absolute Gasteiger partial charge is 0.416 e. The van der Waals surface area contributed by atoms with E-state index >= 15 is 0 Å².